The molecule has 2 aromatic rings. The van der Waals surface area contributed by atoms with Gasteiger partial charge in [-0.3, -0.25) is 9.59 Å². The normalized spacial score (nSPS) is 12.9. The molecule has 1 heterocycles. The highest BCUT2D eigenvalue weighted by molar-refractivity contribution is 9.10. The van der Waals surface area contributed by atoms with Crippen molar-refractivity contribution >= 4 is 39.9 Å². The second-order valence-electron chi connectivity index (χ2n) is 5.51. The molecule has 23 heavy (non-hydrogen) atoms. The summed E-state index contributed by atoms with van der Waals surface area (Å²) in [6.45, 7) is 3.47. The lowest BCUT2D eigenvalue weighted by Gasteiger charge is -2.24. The van der Waals surface area contributed by atoms with E-state index in [1.165, 1.54) is 4.57 Å². The van der Waals surface area contributed by atoms with Crippen molar-refractivity contribution in [2.45, 2.75) is 19.4 Å². The molecule has 0 aliphatic heterocycles. The van der Waals surface area contributed by atoms with Gasteiger partial charge in [0.25, 0.3) is 5.56 Å². The standard InChI is InChI=1S/C16H18BrN3O2.ClH/c1-10-8-13(14(21)20(3)9-10)19-15(22)16(2,18)11-4-6-12(17)7-5-11;/h4-9H,18H2,1-3H3,(H,19,22);1H. The highest BCUT2D eigenvalue weighted by atomic mass is 79.9. The number of nitrogens with zero attached hydrogens (tertiary/aromatic N) is 1. The van der Waals surface area contributed by atoms with Gasteiger partial charge in [-0.15, -0.1) is 12.4 Å². The van der Waals surface area contributed by atoms with Crippen molar-refractivity contribution in [3.8, 4) is 0 Å². The Morgan fingerprint density at radius 2 is 1.87 bits per heavy atom. The fourth-order valence-electron chi connectivity index (χ4n) is 2.15. The Labute approximate surface area is 149 Å². The van der Waals surface area contributed by atoms with E-state index in [4.69, 9.17) is 5.73 Å². The van der Waals surface area contributed by atoms with Gasteiger partial charge in [0.2, 0.25) is 5.91 Å². The van der Waals surface area contributed by atoms with E-state index < -0.39 is 11.4 Å². The van der Waals surface area contributed by atoms with E-state index >= 15 is 0 Å². The molecular formula is C16H19BrClN3O2. The SMILES string of the molecule is Cc1cc(NC(=O)C(C)(N)c2ccc(Br)cc2)c(=O)n(C)c1.Cl. The number of hydrogen-bond acceptors (Lipinski definition) is 3. The second kappa shape index (κ2) is 7.29. The smallest absolute Gasteiger partial charge is 0.274 e. The van der Waals surface area contributed by atoms with Crippen molar-refractivity contribution in [2.24, 2.45) is 12.8 Å². The molecule has 0 aliphatic carbocycles. The van der Waals surface area contributed by atoms with Crippen molar-refractivity contribution < 1.29 is 4.79 Å². The van der Waals surface area contributed by atoms with Gasteiger partial charge in [0, 0.05) is 17.7 Å². The third-order valence-corrected chi connectivity index (χ3v) is 4.01. The molecule has 0 spiro atoms. The molecule has 0 saturated heterocycles. The minimum Gasteiger partial charge on any atom is -0.320 e. The number of nitrogens with one attached hydrogen (secondary N) is 1. The van der Waals surface area contributed by atoms with E-state index in [1.54, 1.807) is 38.4 Å². The zero-order valence-electron chi connectivity index (χ0n) is 13.1. The summed E-state index contributed by atoms with van der Waals surface area (Å²) in [5, 5.41) is 2.64. The first-order valence-corrected chi connectivity index (χ1v) is 7.55. The number of halogens is 2. The van der Waals surface area contributed by atoms with Crippen molar-refractivity contribution in [3.05, 3.63) is 62.5 Å². The monoisotopic (exact) mass is 399 g/mol. The predicted molar refractivity (Wildman–Crippen MR) is 98.0 cm³/mol. The number of rotatable bonds is 3. The van der Waals surface area contributed by atoms with Gasteiger partial charge in [0.1, 0.15) is 11.2 Å². The van der Waals surface area contributed by atoms with Crippen molar-refractivity contribution in [2.75, 3.05) is 5.32 Å². The molecule has 0 fully saturated rings. The Balaban J connectivity index is 0.00000264. The lowest BCUT2D eigenvalue weighted by atomic mass is 9.92. The van der Waals surface area contributed by atoms with Crippen LogP contribution in [0, 0.1) is 6.92 Å². The molecule has 3 N–H and O–H groups in total. The number of aromatic nitrogens is 1. The number of benzene rings is 1. The molecule has 1 aromatic heterocycles. The number of hydrogen-bond donors (Lipinski definition) is 2. The number of nitrogens with two attached hydrogens (primary N) is 1. The maximum atomic E-state index is 12.5. The summed E-state index contributed by atoms with van der Waals surface area (Å²) in [5.41, 5.74) is 6.42. The van der Waals surface area contributed by atoms with Crippen molar-refractivity contribution in [1.29, 1.82) is 0 Å². The summed E-state index contributed by atoms with van der Waals surface area (Å²) in [7, 11) is 1.64. The van der Waals surface area contributed by atoms with Crippen LogP contribution in [0.1, 0.15) is 18.1 Å². The topological polar surface area (TPSA) is 77.1 Å². The molecule has 124 valence electrons. The van der Waals surface area contributed by atoms with E-state index in [0.29, 0.717) is 5.56 Å². The summed E-state index contributed by atoms with van der Waals surface area (Å²) >= 11 is 3.34. The molecule has 0 saturated carbocycles. The number of carbonyl (C=O) groups is 1. The minimum atomic E-state index is -1.24. The van der Waals surface area contributed by atoms with Gasteiger partial charge in [-0.25, -0.2) is 0 Å². The molecule has 1 amide bonds. The second-order valence-corrected chi connectivity index (χ2v) is 6.43. The maximum absolute atomic E-state index is 12.5. The molecule has 1 atom stereocenters. The fraction of sp³-hybridized carbons (Fsp3) is 0.250. The number of carbonyl (C=O) groups excluding carboxylic acids is 1. The van der Waals surface area contributed by atoms with Gasteiger partial charge in [0.15, 0.2) is 0 Å². The lowest BCUT2D eigenvalue weighted by Crippen LogP contribution is -2.46. The Hall–Kier alpha value is -1.63. The number of pyridine rings is 1. The van der Waals surface area contributed by atoms with Crippen LogP contribution in [-0.4, -0.2) is 10.5 Å². The first-order chi connectivity index (χ1) is 10.2. The molecule has 1 unspecified atom stereocenters. The van der Waals surface area contributed by atoms with Crippen LogP contribution in [0.5, 0.6) is 0 Å². The van der Waals surface area contributed by atoms with Crippen LogP contribution in [0.3, 0.4) is 0 Å². The lowest BCUT2D eigenvalue weighted by molar-refractivity contribution is -0.120. The average molecular weight is 401 g/mol. The van der Waals surface area contributed by atoms with Crippen LogP contribution in [0.2, 0.25) is 0 Å². The number of amides is 1. The highest BCUT2D eigenvalue weighted by Gasteiger charge is 2.31. The molecule has 2 rings (SSSR count). The zero-order valence-corrected chi connectivity index (χ0v) is 15.5. The van der Waals surface area contributed by atoms with Crippen LogP contribution in [0.15, 0.2) is 45.8 Å². The predicted octanol–water partition coefficient (Wildman–Crippen LogP) is 2.69. The molecule has 7 heteroatoms. The molecule has 0 bridgehead atoms. The van der Waals surface area contributed by atoms with Crippen LogP contribution >= 0.6 is 28.3 Å². The van der Waals surface area contributed by atoms with Crippen LogP contribution in [0.4, 0.5) is 5.69 Å². The van der Waals surface area contributed by atoms with Gasteiger partial charge in [-0.1, -0.05) is 28.1 Å². The molecule has 5 nitrogen and oxygen atoms in total. The van der Waals surface area contributed by atoms with E-state index in [2.05, 4.69) is 21.2 Å². The van der Waals surface area contributed by atoms with Gasteiger partial charge in [-0.2, -0.15) is 0 Å². The van der Waals surface area contributed by atoms with Crippen LogP contribution in [0.25, 0.3) is 0 Å². The Morgan fingerprint density at radius 3 is 2.43 bits per heavy atom. The summed E-state index contributed by atoms with van der Waals surface area (Å²) < 4.78 is 2.33. The van der Waals surface area contributed by atoms with E-state index in [-0.39, 0.29) is 23.7 Å². The minimum absolute atomic E-state index is 0. The van der Waals surface area contributed by atoms with Gasteiger partial charge in [-0.05, 0) is 43.2 Å². The van der Waals surface area contributed by atoms with Gasteiger partial charge in [0.05, 0.1) is 0 Å². The zero-order chi connectivity index (χ0) is 16.5. The molecule has 1 aromatic carbocycles. The first-order valence-electron chi connectivity index (χ1n) is 6.75. The Bertz CT molecular complexity index is 770. The summed E-state index contributed by atoms with van der Waals surface area (Å²) in [6.07, 6.45) is 1.70. The highest BCUT2D eigenvalue weighted by Crippen LogP contribution is 2.22. The van der Waals surface area contributed by atoms with Gasteiger partial charge < -0.3 is 15.6 Å². The third kappa shape index (κ3) is 4.22. The molecular weight excluding hydrogens is 382 g/mol. The largest absolute Gasteiger partial charge is 0.320 e. The summed E-state index contributed by atoms with van der Waals surface area (Å²) in [6, 6.07) is 8.83. The number of aryl methyl sites for hydroxylation is 2. The van der Waals surface area contributed by atoms with Crippen molar-refractivity contribution in [1.82, 2.24) is 4.57 Å². The van der Waals surface area contributed by atoms with Gasteiger partial charge >= 0.3 is 0 Å². The Morgan fingerprint density at radius 1 is 1.30 bits per heavy atom. The maximum Gasteiger partial charge on any atom is 0.274 e. The van der Waals surface area contributed by atoms with E-state index in [0.717, 1.165) is 10.0 Å². The van der Waals surface area contributed by atoms with Crippen LogP contribution in [-0.2, 0) is 17.4 Å². The quantitative estimate of drug-likeness (QED) is 0.831. The van der Waals surface area contributed by atoms with E-state index in [1.807, 2.05) is 19.1 Å². The molecule has 0 radical (unpaired) electrons. The fourth-order valence-corrected chi connectivity index (χ4v) is 2.41. The first kappa shape index (κ1) is 19.4. The third-order valence-electron chi connectivity index (χ3n) is 3.48. The number of anilines is 1. The summed E-state index contributed by atoms with van der Waals surface area (Å²) in [4.78, 5) is 24.6. The van der Waals surface area contributed by atoms with Crippen molar-refractivity contribution in [3.63, 3.8) is 0 Å². The van der Waals surface area contributed by atoms with E-state index in [9.17, 15) is 9.59 Å². The molecule has 0 aliphatic rings. The average Bonchev–Trinajstić information content (AvgIpc) is 2.44. The Kier molecular flexibility index (Phi) is 6.16. The summed E-state index contributed by atoms with van der Waals surface area (Å²) in [5.74, 6) is -0.433. The van der Waals surface area contributed by atoms with Crippen LogP contribution < -0.4 is 16.6 Å².